The van der Waals surface area contributed by atoms with Gasteiger partial charge in [0.05, 0.1) is 12.4 Å². The normalized spacial score (nSPS) is 11.4. The van der Waals surface area contributed by atoms with Crippen molar-refractivity contribution in [3.8, 4) is 11.5 Å². The molecule has 268 valence electrons. The van der Waals surface area contributed by atoms with E-state index in [0.29, 0.717) is 45.9 Å². The number of hydrogen-bond donors (Lipinski definition) is 0. The summed E-state index contributed by atoms with van der Waals surface area (Å²) in [6.07, 6.45) is 3.01. The summed E-state index contributed by atoms with van der Waals surface area (Å²) >= 11 is 11.6. The van der Waals surface area contributed by atoms with Crippen molar-refractivity contribution in [2.75, 3.05) is 0 Å². The Morgan fingerprint density at radius 3 is 1.15 bits per heavy atom. The minimum Gasteiger partial charge on any atom is -0.857 e. The summed E-state index contributed by atoms with van der Waals surface area (Å²) in [6, 6.07) is 47.6. The molecule has 6 aromatic rings. The third-order valence-electron chi connectivity index (χ3n) is 7.15. The molecule has 11 heteroatoms. The Bertz CT molecular complexity index is 1940. The van der Waals surface area contributed by atoms with Crippen molar-refractivity contribution in [1.82, 2.24) is 0 Å². The summed E-state index contributed by atoms with van der Waals surface area (Å²) < 4.78 is 11.4. The molecule has 0 heterocycles. The van der Waals surface area contributed by atoms with Gasteiger partial charge in [0.2, 0.25) is 0 Å². The first kappa shape index (κ1) is 40.1. The Balaban J connectivity index is 0.000000232. The van der Waals surface area contributed by atoms with Crippen LogP contribution in [0, 0.1) is 0 Å². The molecule has 0 unspecified atom stereocenters. The van der Waals surface area contributed by atoms with Crippen LogP contribution in [0.1, 0.15) is 33.4 Å². The molecule has 0 N–H and O–H groups in total. The minimum atomic E-state index is -0.412. The van der Waals surface area contributed by atoms with Gasteiger partial charge in [-0.3, -0.25) is 0 Å². The second kappa shape index (κ2) is 21.6. The van der Waals surface area contributed by atoms with E-state index in [1.54, 1.807) is 97.1 Å². The van der Waals surface area contributed by atoms with Crippen LogP contribution >= 0.6 is 23.2 Å². The first-order valence-electron chi connectivity index (χ1n) is 16.0. The van der Waals surface area contributed by atoms with E-state index in [1.807, 2.05) is 60.7 Å². The molecule has 0 spiro atoms. The molecule has 0 bridgehead atoms. The summed E-state index contributed by atoms with van der Waals surface area (Å²) in [4.78, 5) is 0. The Kier molecular flexibility index (Phi) is 16.3. The van der Waals surface area contributed by atoms with E-state index in [9.17, 15) is 10.2 Å². The smallest absolute Gasteiger partial charge is 0.857 e. The van der Waals surface area contributed by atoms with Crippen molar-refractivity contribution < 1.29 is 36.2 Å². The predicted molar refractivity (Wildman–Crippen MR) is 206 cm³/mol. The van der Waals surface area contributed by atoms with Crippen LogP contribution in [0.25, 0.3) is 0 Å². The molecule has 6 aromatic carbocycles. The molecule has 6 rings (SSSR count). The quantitative estimate of drug-likeness (QED) is 0.0540. The van der Waals surface area contributed by atoms with Gasteiger partial charge in [-0.1, -0.05) is 132 Å². The number of halogens is 2. The molecular formula is C42H32Cl2N4NiO4. The van der Waals surface area contributed by atoms with E-state index >= 15 is 0 Å². The molecule has 0 aromatic heterocycles. The van der Waals surface area contributed by atoms with E-state index < -0.39 is 11.8 Å². The molecule has 0 saturated carbocycles. The molecule has 8 nitrogen and oxygen atoms in total. The van der Waals surface area contributed by atoms with Crippen LogP contribution in [0.5, 0.6) is 11.5 Å². The maximum Gasteiger partial charge on any atom is 2.00 e. The van der Waals surface area contributed by atoms with Crippen LogP contribution in [0.15, 0.2) is 178 Å². The minimum absolute atomic E-state index is 0. The summed E-state index contributed by atoms with van der Waals surface area (Å²) in [5.74, 6) is 0.555. The molecular weight excluding hydrogens is 754 g/mol. The zero-order valence-corrected chi connectivity index (χ0v) is 30.6. The Morgan fingerprint density at radius 2 is 0.811 bits per heavy atom. The summed E-state index contributed by atoms with van der Waals surface area (Å²) in [6.45, 7) is 0.952. The number of benzene rings is 6. The van der Waals surface area contributed by atoms with Gasteiger partial charge in [0.15, 0.2) is 0 Å². The van der Waals surface area contributed by atoms with Crippen molar-refractivity contribution >= 4 is 47.4 Å². The predicted octanol–water partition coefficient (Wildman–Crippen LogP) is 8.12. The van der Waals surface area contributed by atoms with Crippen LogP contribution in [-0.4, -0.2) is 24.2 Å². The Morgan fingerprint density at radius 1 is 0.472 bits per heavy atom. The second-order valence-electron chi connectivity index (χ2n) is 11.0. The first-order valence-corrected chi connectivity index (χ1v) is 16.8. The standard InChI is InChI=1S/2C21H17ClN2O2.Ni/c2*22-19-10-6-16(7-11-19)14-23-24-21(25)18-8-12-20(13-9-18)26-15-17-4-2-1-3-5-17;/h2*1-14H,15H2,(H,24,25);/q;;+2/p-2/b2*23-14-;. The van der Waals surface area contributed by atoms with Crippen LogP contribution in [0.4, 0.5) is 0 Å². The van der Waals surface area contributed by atoms with Crippen molar-refractivity contribution in [2.45, 2.75) is 13.2 Å². The van der Waals surface area contributed by atoms with Gasteiger partial charge in [0, 0.05) is 21.8 Å². The maximum absolute atomic E-state index is 12.0. The van der Waals surface area contributed by atoms with E-state index in [0.717, 1.165) is 22.3 Å². The van der Waals surface area contributed by atoms with E-state index in [4.69, 9.17) is 32.7 Å². The van der Waals surface area contributed by atoms with Crippen molar-refractivity contribution in [3.63, 3.8) is 0 Å². The Hall–Kier alpha value is -5.73. The third kappa shape index (κ3) is 14.1. The third-order valence-corrected chi connectivity index (χ3v) is 7.65. The van der Waals surface area contributed by atoms with Crippen molar-refractivity contribution in [3.05, 3.63) is 201 Å². The monoisotopic (exact) mass is 784 g/mol. The van der Waals surface area contributed by atoms with Gasteiger partial charge in [0.25, 0.3) is 0 Å². The second-order valence-corrected chi connectivity index (χ2v) is 11.9. The average Bonchev–Trinajstić information content (AvgIpc) is 3.19. The fraction of sp³-hybridized carbons (Fsp3) is 0.0476. The van der Waals surface area contributed by atoms with Crippen LogP contribution in [0.2, 0.25) is 10.0 Å². The number of hydrogen-bond acceptors (Lipinski definition) is 8. The fourth-order valence-electron chi connectivity index (χ4n) is 4.38. The molecule has 0 aliphatic carbocycles. The maximum atomic E-state index is 12.0. The topological polar surface area (TPSA) is 114 Å². The van der Waals surface area contributed by atoms with Crippen LogP contribution < -0.4 is 19.7 Å². The van der Waals surface area contributed by atoms with Gasteiger partial charge in [-0.05, 0) is 81.9 Å². The van der Waals surface area contributed by atoms with E-state index in [-0.39, 0.29) is 16.5 Å². The first-order chi connectivity index (χ1) is 25.4. The number of rotatable bonds is 12. The summed E-state index contributed by atoms with van der Waals surface area (Å²) in [5.41, 5.74) is 4.69. The molecule has 0 amide bonds. The van der Waals surface area contributed by atoms with E-state index in [2.05, 4.69) is 20.4 Å². The summed E-state index contributed by atoms with van der Waals surface area (Å²) in [7, 11) is 0. The van der Waals surface area contributed by atoms with Crippen molar-refractivity contribution in [2.24, 2.45) is 20.4 Å². The number of ether oxygens (including phenoxy) is 2. The van der Waals surface area contributed by atoms with Crippen molar-refractivity contribution in [1.29, 1.82) is 0 Å². The zero-order valence-electron chi connectivity index (χ0n) is 28.1. The molecule has 53 heavy (non-hydrogen) atoms. The van der Waals surface area contributed by atoms with Gasteiger partial charge in [-0.15, -0.1) is 0 Å². The Labute approximate surface area is 328 Å². The van der Waals surface area contributed by atoms with Gasteiger partial charge in [0.1, 0.15) is 24.7 Å². The molecule has 0 aliphatic heterocycles. The largest absolute Gasteiger partial charge is 2.00 e. The molecule has 0 atom stereocenters. The zero-order chi connectivity index (χ0) is 36.4. The molecule has 0 radical (unpaired) electrons. The van der Waals surface area contributed by atoms with Gasteiger partial charge >= 0.3 is 16.5 Å². The SMILES string of the molecule is [Ni+2].[O-]/C(=N\N=C/c1ccc(Cl)cc1)c1ccc(OCc2ccccc2)cc1.[O-]/C(=N\N=C/c1ccc(Cl)cc1)c1ccc(OCc2ccccc2)cc1. The van der Waals surface area contributed by atoms with Gasteiger partial charge in [-0.2, -0.15) is 20.4 Å². The number of nitrogens with zero attached hydrogens (tertiary/aromatic N) is 4. The van der Waals surface area contributed by atoms with Gasteiger partial charge in [-0.25, -0.2) is 0 Å². The fourth-order valence-corrected chi connectivity index (χ4v) is 4.63. The van der Waals surface area contributed by atoms with Gasteiger partial charge < -0.3 is 19.7 Å². The average molecular weight is 786 g/mol. The van der Waals surface area contributed by atoms with Crippen LogP contribution in [-0.2, 0) is 29.7 Å². The molecule has 0 saturated heterocycles. The summed E-state index contributed by atoms with van der Waals surface area (Å²) in [5, 5.41) is 40.4. The van der Waals surface area contributed by atoms with Crippen LogP contribution in [0.3, 0.4) is 0 Å². The molecule has 0 aliphatic rings. The molecule has 0 fully saturated rings. The van der Waals surface area contributed by atoms with E-state index in [1.165, 1.54) is 12.4 Å².